The van der Waals surface area contributed by atoms with Crippen LogP contribution in [0.1, 0.15) is 78.2 Å². The van der Waals surface area contributed by atoms with Crippen molar-refractivity contribution in [1.82, 2.24) is 5.32 Å². The predicted octanol–water partition coefficient (Wildman–Crippen LogP) is 4.11. The normalized spacial score (nSPS) is 21.5. The van der Waals surface area contributed by atoms with Crippen molar-refractivity contribution in [2.75, 3.05) is 38.3 Å². The maximum atomic E-state index is 13.2. The molecule has 1 aliphatic carbocycles. The quantitative estimate of drug-likeness (QED) is 0.135. The fourth-order valence-corrected chi connectivity index (χ4v) is 6.34. The summed E-state index contributed by atoms with van der Waals surface area (Å²) in [7, 11) is 1.73. The monoisotopic (exact) mass is 606 g/mol. The summed E-state index contributed by atoms with van der Waals surface area (Å²) in [6.07, 6.45) is 3.85. The lowest BCUT2D eigenvalue weighted by Crippen LogP contribution is -2.46. The smallest absolute Gasteiger partial charge is 0.294 e. The number of aliphatic hydroxyl groups excluding tert-OH is 1. The zero-order valence-electron chi connectivity index (χ0n) is 26.7. The number of amides is 1. The van der Waals surface area contributed by atoms with E-state index < -0.39 is 23.3 Å². The van der Waals surface area contributed by atoms with Crippen LogP contribution in [0.3, 0.4) is 0 Å². The van der Waals surface area contributed by atoms with Gasteiger partial charge in [-0.05, 0) is 86.8 Å². The molecule has 0 unspecified atom stereocenters. The van der Waals surface area contributed by atoms with Crippen molar-refractivity contribution >= 4 is 11.6 Å². The molecule has 244 valence electrons. The topological polar surface area (TPSA) is 149 Å². The molecule has 11 nitrogen and oxygen atoms in total. The van der Waals surface area contributed by atoms with Gasteiger partial charge in [-0.25, -0.2) is 0 Å². The number of benzene rings is 1. The molecule has 1 aliphatic heterocycles. The van der Waals surface area contributed by atoms with E-state index in [4.69, 9.17) is 20.0 Å². The summed E-state index contributed by atoms with van der Waals surface area (Å²) in [5.74, 6) is 1.10. The number of ether oxygens (including phenoxy) is 2. The van der Waals surface area contributed by atoms with E-state index in [1.54, 1.807) is 7.11 Å². The van der Waals surface area contributed by atoms with Crippen LogP contribution < -0.4 is 20.7 Å². The van der Waals surface area contributed by atoms with Crippen molar-refractivity contribution in [3.8, 4) is 5.75 Å². The zero-order valence-corrected chi connectivity index (χ0v) is 26.7. The second-order valence-corrected chi connectivity index (χ2v) is 13.1. The summed E-state index contributed by atoms with van der Waals surface area (Å²) in [5.41, 5.74) is 8.95. The molecule has 1 fully saturated rings. The summed E-state index contributed by atoms with van der Waals surface area (Å²) in [5, 5.41) is 24.2. The van der Waals surface area contributed by atoms with Crippen LogP contribution in [-0.2, 0) is 20.8 Å². The molecule has 0 saturated heterocycles. The van der Waals surface area contributed by atoms with Gasteiger partial charge in [-0.1, -0.05) is 33.8 Å². The Morgan fingerprint density at radius 1 is 1.19 bits per heavy atom. The van der Waals surface area contributed by atoms with Crippen LogP contribution >= 0.6 is 0 Å². The molecule has 1 amide bonds. The molecule has 1 saturated carbocycles. The Balaban J connectivity index is 1.57. The van der Waals surface area contributed by atoms with Gasteiger partial charge in [-0.2, -0.15) is 0 Å². The van der Waals surface area contributed by atoms with E-state index >= 15 is 0 Å². The molecular weight excluding hydrogens is 552 g/mol. The van der Waals surface area contributed by atoms with Crippen molar-refractivity contribution in [2.45, 2.75) is 103 Å². The molecule has 0 radical (unpaired) electrons. The van der Waals surface area contributed by atoms with E-state index in [-0.39, 0.29) is 29.7 Å². The van der Waals surface area contributed by atoms with E-state index in [0.29, 0.717) is 51.0 Å². The maximum absolute atomic E-state index is 13.2. The minimum Gasteiger partial charge on any atom is -0.490 e. The molecule has 4 atom stereocenters. The zero-order chi connectivity index (χ0) is 31.5. The molecule has 1 aromatic rings. The Labute approximate surface area is 256 Å². The Morgan fingerprint density at radius 3 is 2.53 bits per heavy atom. The molecular formula is C32H54N4O7. The van der Waals surface area contributed by atoms with Crippen molar-refractivity contribution in [3.63, 3.8) is 0 Å². The van der Waals surface area contributed by atoms with Gasteiger partial charge < -0.3 is 35.4 Å². The third kappa shape index (κ3) is 10.8. The number of nitrogens with zero attached hydrogens (tertiary/aromatic N) is 2. The first kappa shape index (κ1) is 34.9. The van der Waals surface area contributed by atoms with Crippen LogP contribution in [0, 0.1) is 33.8 Å². The second-order valence-electron chi connectivity index (χ2n) is 13.1. The fourth-order valence-electron chi connectivity index (χ4n) is 6.34. The molecule has 1 heterocycles. The van der Waals surface area contributed by atoms with Crippen LogP contribution in [0.25, 0.3) is 0 Å². The number of anilines is 1. The summed E-state index contributed by atoms with van der Waals surface area (Å²) in [6, 6.07) is 5.92. The van der Waals surface area contributed by atoms with Crippen LogP contribution in [-0.4, -0.2) is 73.8 Å². The molecule has 3 rings (SSSR count). The van der Waals surface area contributed by atoms with Gasteiger partial charge in [-0.3, -0.25) is 4.79 Å². The van der Waals surface area contributed by atoms with Gasteiger partial charge in [0, 0.05) is 38.3 Å². The van der Waals surface area contributed by atoms with E-state index in [1.165, 1.54) is 5.56 Å². The molecule has 11 heteroatoms. The van der Waals surface area contributed by atoms with Gasteiger partial charge in [0.15, 0.2) is 0 Å². The van der Waals surface area contributed by atoms with Crippen LogP contribution in [0.2, 0.25) is 0 Å². The lowest BCUT2D eigenvalue weighted by atomic mass is 9.80. The molecule has 0 aromatic heterocycles. The molecule has 1 aromatic carbocycles. The van der Waals surface area contributed by atoms with Gasteiger partial charge in [0.05, 0.1) is 18.3 Å². The highest BCUT2D eigenvalue weighted by molar-refractivity contribution is 5.79. The number of hydrogen-bond donors (Lipinski definition) is 3. The number of carbonyl (C=O) groups excluding carboxylic acids is 1. The summed E-state index contributed by atoms with van der Waals surface area (Å²) >= 11 is 0. The van der Waals surface area contributed by atoms with Crippen molar-refractivity contribution in [3.05, 3.63) is 33.9 Å². The van der Waals surface area contributed by atoms with Gasteiger partial charge in [0.25, 0.3) is 5.09 Å². The first-order valence-corrected chi connectivity index (χ1v) is 16.0. The Kier molecular flexibility index (Phi) is 13.8. The second kappa shape index (κ2) is 17.0. The highest BCUT2D eigenvalue weighted by atomic mass is 17.0. The average molecular weight is 607 g/mol. The lowest BCUT2D eigenvalue weighted by molar-refractivity contribution is -0.769. The number of nitrogens with one attached hydrogen (secondary N) is 1. The van der Waals surface area contributed by atoms with E-state index in [2.05, 4.69) is 42.3 Å². The van der Waals surface area contributed by atoms with E-state index in [9.17, 15) is 20.0 Å². The number of methoxy groups -OCH3 is 1. The summed E-state index contributed by atoms with van der Waals surface area (Å²) in [4.78, 5) is 30.9. The number of hydrogen-bond acceptors (Lipinski definition) is 9. The predicted molar refractivity (Wildman–Crippen MR) is 166 cm³/mol. The maximum Gasteiger partial charge on any atom is 0.294 e. The molecule has 0 bridgehead atoms. The number of rotatable bonds is 17. The highest BCUT2D eigenvalue weighted by Gasteiger charge is 2.32. The number of nitrogens with two attached hydrogens (primary N) is 1. The number of aliphatic hydroxyl groups is 1. The van der Waals surface area contributed by atoms with Crippen molar-refractivity contribution in [1.29, 1.82) is 0 Å². The van der Waals surface area contributed by atoms with Crippen LogP contribution in [0.4, 0.5) is 5.69 Å². The SMILES string of the molecule is COCCCN1CCOc2ccc(C[C@@H](C[C@H](N)[C@@H](O)C[C@H](C(=O)NC3CCC(O[N+](=O)[O-])CC3)C(C)C)C(C)C)cc21. The summed E-state index contributed by atoms with van der Waals surface area (Å²) < 4.78 is 11.2. The minimum absolute atomic E-state index is 0.0291. The van der Waals surface area contributed by atoms with E-state index in [1.807, 2.05) is 13.8 Å². The Morgan fingerprint density at radius 2 is 1.91 bits per heavy atom. The Hall–Kier alpha value is -2.63. The van der Waals surface area contributed by atoms with Gasteiger partial charge in [0.1, 0.15) is 18.5 Å². The standard InChI is InChI=1S/C32H54N4O7/c1-21(2)24(17-23-7-12-31-29(18-23)35(14-16-42-31)13-6-15-41-5)19-28(33)30(37)20-27(22(3)4)32(38)34-25-8-10-26(11-9-25)43-36(39)40/h7,12,18,21-22,24-28,30,37H,6,8-11,13-17,19-20,33H2,1-5H3,(H,34,38)/t24-,25?,26?,27-,28-,30-/m0/s1. The lowest BCUT2D eigenvalue weighted by Gasteiger charge is -2.33. The molecule has 2 aliphatic rings. The van der Waals surface area contributed by atoms with E-state index in [0.717, 1.165) is 44.0 Å². The van der Waals surface area contributed by atoms with Crippen molar-refractivity contribution in [2.24, 2.45) is 29.4 Å². The largest absolute Gasteiger partial charge is 0.490 e. The minimum atomic E-state index is -0.808. The number of fused-ring (bicyclic) bond motifs is 1. The van der Waals surface area contributed by atoms with Crippen molar-refractivity contribution < 1.29 is 29.3 Å². The Bertz CT molecular complexity index is 1020. The van der Waals surface area contributed by atoms with Crippen LogP contribution in [0.15, 0.2) is 18.2 Å². The van der Waals surface area contributed by atoms with Gasteiger partial charge in [0.2, 0.25) is 5.91 Å². The fraction of sp³-hybridized carbons (Fsp3) is 0.781. The van der Waals surface area contributed by atoms with Gasteiger partial charge >= 0.3 is 0 Å². The number of carbonyl (C=O) groups is 1. The molecule has 43 heavy (non-hydrogen) atoms. The molecule has 4 N–H and O–H groups in total. The first-order chi connectivity index (χ1) is 20.5. The highest BCUT2D eigenvalue weighted by Crippen LogP contribution is 2.35. The van der Waals surface area contributed by atoms with Crippen LogP contribution in [0.5, 0.6) is 5.75 Å². The summed E-state index contributed by atoms with van der Waals surface area (Å²) in [6.45, 7) is 11.5. The third-order valence-electron chi connectivity index (χ3n) is 9.16. The van der Waals surface area contributed by atoms with Gasteiger partial charge in [-0.15, -0.1) is 10.1 Å². The first-order valence-electron chi connectivity index (χ1n) is 16.0. The average Bonchev–Trinajstić information content (AvgIpc) is 2.96. The molecule has 0 spiro atoms. The third-order valence-corrected chi connectivity index (χ3v) is 9.16.